The summed E-state index contributed by atoms with van der Waals surface area (Å²) in [6.07, 6.45) is 4.62. The molecule has 0 unspecified atom stereocenters. The Kier molecular flexibility index (Phi) is 7.14. The van der Waals surface area contributed by atoms with Crippen molar-refractivity contribution in [2.24, 2.45) is 0 Å². The largest absolute Gasteiger partial charge is 0.462 e. The number of nitrogens with zero attached hydrogens (tertiary/aromatic N) is 6. The molecule has 2 atom stereocenters. The topological polar surface area (TPSA) is 99.7 Å². The molecular formula is C30H36FN7O3. The summed E-state index contributed by atoms with van der Waals surface area (Å²) in [7, 11) is 2.11. The summed E-state index contributed by atoms with van der Waals surface area (Å²) in [4.78, 5) is 27.9. The van der Waals surface area contributed by atoms with Crippen molar-refractivity contribution in [2.45, 2.75) is 52.1 Å². The van der Waals surface area contributed by atoms with Crippen molar-refractivity contribution in [2.75, 3.05) is 44.7 Å². The van der Waals surface area contributed by atoms with E-state index in [9.17, 15) is 9.18 Å². The van der Waals surface area contributed by atoms with Gasteiger partial charge in [-0.2, -0.15) is 15.1 Å². The van der Waals surface area contributed by atoms with E-state index in [0.29, 0.717) is 44.6 Å². The summed E-state index contributed by atoms with van der Waals surface area (Å²) < 4.78 is 26.4. The Morgan fingerprint density at radius 2 is 2.07 bits per heavy atom. The zero-order chi connectivity index (χ0) is 28.8. The normalized spacial score (nSPS) is 21.3. The molecule has 0 bridgehead atoms. The number of benzene rings is 1. The molecule has 0 spiro atoms. The standard InChI is InChI=1S/C30H36FN7O3/c1-17-8-9-24-23(14-32-35-24)25(17)26-18(2)13-22-27(38-12-11-37(15-19(38)3)29(39)20(4)31)33-30(34-28(22)41-26)40-16-21-7-6-10-36(21)5/h8-9,14,19,21H,4,6-7,10-13,15-16H2,1-3,5H3,(H,32,35)/t19-,21-/m0/s1. The second kappa shape index (κ2) is 10.8. The molecule has 0 radical (unpaired) electrons. The molecule has 5 heterocycles. The van der Waals surface area contributed by atoms with E-state index in [2.05, 4.69) is 53.5 Å². The molecule has 3 aliphatic rings. The number of likely N-dealkylation sites (N-methyl/N-ethyl adjacent to an activating group) is 1. The van der Waals surface area contributed by atoms with Crippen LogP contribution in [0, 0.1) is 6.92 Å². The first kappa shape index (κ1) is 27.2. The van der Waals surface area contributed by atoms with E-state index in [-0.39, 0.29) is 12.1 Å². The first-order valence-electron chi connectivity index (χ1n) is 14.2. The molecule has 2 aromatic heterocycles. The third-order valence-electron chi connectivity index (χ3n) is 8.51. The molecule has 10 nitrogen and oxygen atoms in total. The van der Waals surface area contributed by atoms with Crippen LogP contribution in [0.15, 0.2) is 36.3 Å². The van der Waals surface area contributed by atoms with Gasteiger partial charge < -0.3 is 24.2 Å². The number of amides is 1. The van der Waals surface area contributed by atoms with Gasteiger partial charge in [-0.15, -0.1) is 0 Å². The van der Waals surface area contributed by atoms with Crippen molar-refractivity contribution in [1.29, 1.82) is 0 Å². The van der Waals surface area contributed by atoms with Gasteiger partial charge >= 0.3 is 6.01 Å². The quantitative estimate of drug-likeness (QED) is 0.451. The molecule has 2 saturated heterocycles. The summed E-state index contributed by atoms with van der Waals surface area (Å²) in [6, 6.07) is 4.53. The maximum atomic E-state index is 13.6. The van der Waals surface area contributed by atoms with Crippen LogP contribution < -0.4 is 14.4 Å². The third kappa shape index (κ3) is 5.03. The Morgan fingerprint density at radius 3 is 2.80 bits per heavy atom. The van der Waals surface area contributed by atoms with Gasteiger partial charge in [0.15, 0.2) is 5.83 Å². The zero-order valence-electron chi connectivity index (χ0n) is 24.0. The lowest BCUT2D eigenvalue weighted by molar-refractivity contribution is -0.129. The number of hydrogen-bond acceptors (Lipinski definition) is 8. The number of hydrogen-bond donors (Lipinski definition) is 1. The van der Waals surface area contributed by atoms with Crippen molar-refractivity contribution in [1.82, 2.24) is 30.0 Å². The van der Waals surface area contributed by atoms with Gasteiger partial charge in [-0.05, 0) is 64.4 Å². The van der Waals surface area contributed by atoms with Gasteiger partial charge in [0.05, 0.1) is 17.3 Å². The number of piperazine rings is 1. The van der Waals surface area contributed by atoms with Crippen molar-refractivity contribution < 1.29 is 18.7 Å². The number of halogens is 1. The molecule has 3 aliphatic heterocycles. The number of nitrogens with one attached hydrogen (secondary N) is 1. The highest BCUT2D eigenvalue weighted by Gasteiger charge is 2.34. The number of rotatable bonds is 6. The summed E-state index contributed by atoms with van der Waals surface area (Å²) in [5, 5.41) is 8.28. The van der Waals surface area contributed by atoms with Crippen LogP contribution in [0.4, 0.5) is 10.2 Å². The second-order valence-electron chi connectivity index (χ2n) is 11.4. The zero-order valence-corrected chi connectivity index (χ0v) is 24.0. The van der Waals surface area contributed by atoms with Gasteiger partial charge in [0.25, 0.3) is 5.91 Å². The number of anilines is 1. The van der Waals surface area contributed by atoms with Crippen LogP contribution in [-0.2, 0) is 11.2 Å². The lowest BCUT2D eigenvalue weighted by atomic mass is 9.95. The molecule has 11 heteroatoms. The number of carbonyl (C=O) groups excluding carboxylic acids is 1. The average molecular weight is 562 g/mol. The molecule has 3 aromatic rings. The number of aromatic nitrogens is 4. The number of H-pyrrole nitrogens is 1. The molecular weight excluding hydrogens is 525 g/mol. The van der Waals surface area contributed by atoms with E-state index < -0.39 is 11.7 Å². The molecule has 1 N–H and O–H groups in total. The van der Waals surface area contributed by atoms with E-state index in [1.165, 1.54) is 4.90 Å². The predicted molar refractivity (Wildman–Crippen MR) is 155 cm³/mol. The van der Waals surface area contributed by atoms with Crippen LogP contribution >= 0.6 is 0 Å². The van der Waals surface area contributed by atoms with Gasteiger partial charge in [0.2, 0.25) is 5.88 Å². The van der Waals surface area contributed by atoms with Crippen molar-refractivity contribution in [3.05, 3.63) is 53.0 Å². The summed E-state index contributed by atoms with van der Waals surface area (Å²) >= 11 is 0. The van der Waals surface area contributed by atoms with Crippen molar-refractivity contribution in [3.63, 3.8) is 0 Å². The van der Waals surface area contributed by atoms with Crippen molar-refractivity contribution in [3.8, 4) is 11.9 Å². The fraction of sp³-hybridized carbons (Fsp3) is 0.467. The van der Waals surface area contributed by atoms with Gasteiger partial charge in [0, 0.05) is 49.1 Å². The summed E-state index contributed by atoms with van der Waals surface area (Å²) in [5.74, 6) is 0.343. The van der Waals surface area contributed by atoms with Crippen LogP contribution in [0.3, 0.4) is 0 Å². The van der Waals surface area contributed by atoms with Crippen LogP contribution in [0.25, 0.3) is 16.7 Å². The SMILES string of the molecule is C=C(F)C(=O)N1CCN(c2nc(OC[C@@H]3CCCN3C)nc3c2CC(C)=C(c2c(C)ccc4[nH]ncc24)O3)[C@@H](C)C1. The summed E-state index contributed by atoms with van der Waals surface area (Å²) in [6.45, 7) is 12.0. The number of likely N-dealkylation sites (tertiary alicyclic amines) is 1. The minimum Gasteiger partial charge on any atom is -0.462 e. The van der Waals surface area contributed by atoms with Gasteiger partial charge in [-0.25, -0.2) is 4.39 Å². The minimum atomic E-state index is -0.942. The van der Waals surface area contributed by atoms with Crippen LogP contribution in [0.2, 0.25) is 0 Å². The molecule has 0 aliphatic carbocycles. The molecule has 41 heavy (non-hydrogen) atoms. The molecule has 1 amide bonds. The highest BCUT2D eigenvalue weighted by molar-refractivity contribution is 5.93. The second-order valence-corrected chi connectivity index (χ2v) is 11.4. The smallest absolute Gasteiger partial charge is 0.321 e. The number of ether oxygens (including phenoxy) is 2. The molecule has 1 aromatic carbocycles. The minimum absolute atomic E-state index is 0.118. The van der Waals surface area contributed by atoms with E-state index in [0.717, 1.165) is 64.1 Å². The predicted octanol–water partition coefficient (Wildman–Crippen LogP) is 4.02. The number of aromatic amines is 1. The Hall–Kier alpha value is -3.99. The Bertz CT molecular complexity index is 1550. The molecule has 2 fully saturated rings. The van der Waals surface area contributed by atoms with Gasteiger partial charge in [-0.1, -0.05) is 12.6 Å². The Morgan fingerprint density at radius 1 is 1.24 bits per heavy atom. The average Bonchev–Trinajstić information content (AvgIpc) is 3.59. The monoisotopic (exact) mass is 561 g/mol. The number of allylic oxidation sites excluding steroid dienone is 1. The first-order chi connectivity index (χ1) is 19.7. The number of fused-ring (bicyclic) bond motifs is 2. The van der Waals surface area contributed by atoms with Crippen LogP contribution in [-0.4, -0.2) is 87.8 Å². The molecule has 0 saturated carbocycles. The first-order valence-corrected chi connectivity index (χ1v) is 14.2. The lowest BCUT2D eigenvalue weighted by Gasteiger charge is -2.41. The Balaban J connectivity index is 1.37. The fourth-order valence-electron chi connectivity index (χ4n) is 6.18. The van der Waals surface area contributed by atoms with Crippen LogP contribution in [0.5, 0.6) is 11.9 Å². The van der Waals surface area contributed by atoms with Gasteiger partial charge in [0.1, 0.15) is 18.2 Å². The Labute approximate surface area is 238 Å². The van der Waals surface area contributed by atoms with E-state index in [1.54, 1.807) is 0 Å². The van der Waals surface area contributed by atoms with Crippen molar-refractivity contribution >= 4 is 28.4 Å². The van der Waals surface area contributed by atoms with E-state index in [4.69, 9.17) is 19.4 Å². The lowest BCUT2D eigenvalue weighted by Crippen LogP contribution is -2.54. The summed E-state index contributed by atoms with van der Waals surface area (Å²) in [5.41, 5.74) is 4.92. The maximum Gasteiger partial charge on any atom is 0.321 e. The molecule has 6 rings (SSSR count). The highest BCUT2D eigenvalue weighted by Crippen LogP contribution is 2.41. The highest BCUT2D eigenvalue weighted by atomic mass is 19.1. The number of carbonyl (C=O) groups is 1. The van der Waals surface area contributed by atoms with Gasteiger partial charge in [-0.3, -0.25) is 9.89 Å². The van der Waals surface area contributed by atoms with Crippen LogP contribution in [0.1, 0.15) is 43.4 Å². The number of aryl methyl sites for hydroxylation is 1. The fourth-order valence-corrected chi connectivity index (χ4v) is 6.18. The van der Waals surface area contributed by atoms with E-state index >= 15 is 0 Å². The van der Waals surface area contributed by atoms with E-state index in [1.807, 2.05) is 19.2 Å². The molecule has 216 valence electrons. The maximum absolute atomic E-state index is 13.6. The third-order valence-corrected chi connectivity index (χ3v) is 8.51.